The van der Waals surface area contributed by atoms with E-state index in [1.165, 1.54) is 18.2 Å². The number of rotatable bonds is 4. The lowest BCUT2D eigenvalue weighted by Crippen LogP contribution is -2.13. The highest BCUT2D eigenvalue weighted by atomic mass is 35.5. The van der Waals surface area contributed by atoms with Crippen molar-refractivity contribution >= 4 is 17.4 Å². The number of nitrogens with two attached hydrogens (primary N) is 1. The molecule has 0 atom stereocenters. The standard InChI is InChI=1S/C12H14ClFN4O/c1-7-9(12(16-15)18(2)17-7)6-19-8-3-4-11(14)10(13)5-8/h3-5,16H,6,15H2,1-2H3. The number of aryl methyl sites for hydroxylation is 2. The lowest BCUT2D eigenvalue weighted by Gasteiger charge is -2.08. The van der Waals surface area contributed by atoms with Gasteiger partial charge in [-0.15, -0.1) is 0 Å². The third-order valence-corrected chi connectivity index (χ3v) is 3.05. The van der Waals surface area contributed by atoms with E-state index in [9.17, 15) is 4.39 Å². The molecule has 3 N–H and O–H groups in total. The molecule has 1 aromatic carbocycles. The van der Waals surface area contributed by atoms with Crippen LogP contribution in [0.5, 0.6) is 5.75 Å². The molecule has 0 radical (unpaired) electrons. The maximum absolute atomic E-state index is 13.0. The Hall–Kier alpha value is -1.79. The van der Waals surface area contributed by atoms with Crippen LogP contribution in [0.1, 0.15) is 11.3 Å². The molecule has 7 heteroatoms. The molecule has 0 unspecified atom stereocenters. The highest BCUT2D eigenvalue weighted by Crippen LogP contribution is 2.24. The van der Waals surface area contributed by atoms with Crippen LogP contribution >= 0.6 is 11.6 Å². The van der Waals surface area contributed by atoms with E-state index >= 15 is 0 Å². The highest BCUT2D eigenvalue weighted by Gasteiger charge is 2.13. The predicted octanol–water partition coefficient (Wildman–Crippen LogP) is 2.39. The minimum atomic E-state index is -0.476. The number of hydrogen-bond donors (Lipinski definition) is 2. The Kier molecular flexibility index (Phi) is 3.92. The molecule has 102 valence electrons. The molecule has 1 aromatic heterocycles. The molecule has 0 amide bonds. The van der Waals surface area contributed by atoms with Gasteiger partial charge in [0.05, 0.1) is 16.3 Å². The van der Waals surface area contributed by atoms with Crippen LogP contribution < -0.4 is 16.0 Å². The third-order valence-electron chi connectivity index (χ3n) is 2.76. The van der Waals surface area contributed by atoms with E-state index in [0.717, 1.165) is 11.3 Å². The summed E-state index contributed by atoms with van der Waals surface area (Å²) >= 11 is 5.69. The molecule has 0 aliphatic heterocycles. The number of nitrogens with zero attached hydrogens (tertiary/aromatic N) is 2. The number of anilines is 1. The van der Waals surface area contributed by atoms with Crippen molar-refractivity contribution in [3.63, 3.8) is 0 Å². The largest absolute Gasteiger partial charge is 0.489 e. The summed E-state index contributed by atoms with van der Waals surface area (Å²) in [7, 11) is 1.78. The molecule has 0 saturated heterocycles. The monoisotopic (exact) mass is 284 g/mol. The Morgan fingerprint density at radius 2 is 2.26 bits per heavy atom. The second kappa shape index (κ2) is 5.46. The summed E-state index contributed by atoms with van der Waals surface area (Å²) in [5.41, 5.74) is 4.22. The van der Waals surface area contributed by atoms with Gasteiger partial charge in [-0.05, 0) is 19.1 Å². The molecular weight excluding hydrogens is 271 g/mol. The average Bonchev–Trinajstić information content (AvgIpc) is 2.64. The van der Waals surface area contributed by atoms with E-state index < -0.39 is 5.82 Å². The first-order chi connectivity index (χ1) is 9.02. The molecule has 0 fully saturated rings. The number of benzene rings is 1. The summed E-state index contributed by atoms with van der Waals surface area (Å²) in [6.45, 7) is 2.12. The third kappa shape index (κ3) is 2.80. The van der Waals surface area contributed by atoms with Gasteiger partial charge in [0.25, 0.3) is 0 Å². The quantitative estimate of drug-likeness (QED) is 0.668. The molecule has 1 heterocycles. The van der Waals surface area contributed by atoms with Gasteiger partial charge in [0, 0.05) is 13.1 Å². The van der Waals surface area contributed by atoms with Gasteiger partial charge in [-0.25, -0.2) is 10.2 Å². The smallest absolute Gasteiger partial charge is 0.145 e. The Bertz CT molecular complexity index is 600. The Morgan fingerprint density at radius 1 is 1.53 bits per heavy atom. The van der Waals surface area contributed by atoms with Gasteiger partial charge in [0.15, 0.2) is 0 Å². The second-order valence-electron chi connectivity index (χ2n) is 4.05. The van der Waals surface area contributed by atoms with Gasteiger partial charge in [-0.1, -0.05) is 11.6 Å². The maximum Gasteiger partial charge on any atom is 0.145 e. The molecule has 2 rings (SSSR count). The molecule has 0 saturated carbocycles. The van der Waals surface area contributed by atoms with Crippen LogP contribution in [0, 0.1) is 12.7 Å². The van der Waals surface area contributed by atoms with Crippen LogP contribution in [0.15, 0.2) is 18.2 Å². The first-order valence-electron chi connectivity index (χ1n) is 5.60. The summed E-state index contributed by atoms with van der Waals surface area (Å²) in [5, 5.41) is 4.26. The van der Waals surface area contributed by atoms with Crippen LogP contribution in [0.25, 0.3) is 0 Å². The van der Waals surface area contributed by atoms with E-state index in [1.807, 2.05) is 6.92 Å². The van der Waals surface area contributed by atoms with Crippen LogP contribution in [0.2, 0.25) is 5.02 Å². The number of halogens is 2. The van der Waals surface area contributed by atoms with E-state index in [4.69, 9.17) is 22.2 Å². The van der Waals surface area contributed by atoms with Crippen LogP contribution in [-0.4, -0.2) is 9.78 Å². The molecule has 19 heavy (non-hydrogen) atoms. The van der Waals surface area contributed by atoms with Gasteiger partial charge < -0.3 is 10.2 Å². The average molecular weight is 285 g/mol. The fourth-order valence-corrected chi connectivity index (χ4v) is 1.95. The van der Waals surface area contributed by atoms with Gasteiger partial charge in [0.1, 0.15) is 24.0 Å². The minimum Gasteiger partial charge on any atom is -0.489 e. The Morgan fingerprint density at radius 3 is 2.89 bits per heavy atom. The molecule has 2 aromatic rings. The van der Waals surface area contributed by atoms with Crippen molar-refractivity contribution in [3.8, 4) is 5.75 Å². The molecule has 0 bridgehead atoms. The summed E-state index contributed by atoms with van der Waals surface area (Å²) in [5.74, 6) is 6.12. The lowest BCUT2D eigenvalue weighted by molar-refractivity contribution is 0.305. The lowest BCUT2D eigenvalue weighted by atomic mass is 10.2. The fraction of sp³-hybridized carbons (Fsp3) is 0.250. The molecule has 0 aliphatic rings. The van der Waals surface area contributed by atoms with Crippen molar-refractivity contribution < 1.29 is 9.13 Å². The van der Waals surface area contributed by atoms with E-state index in [0.29, 0.717) is 11.6 Å². The summed E-state index contributed by atoms with van der Waals surface area (Å²) in [4.78, 5) is 0. The van der Waals surface area contributed by atoms with Crippen molar-refractivity contribution in [2.75, 3.05) is 5.43 Å². The summed E-state index contributed by atoms with van der Waals surface area (Å²) in [6.07, 6.45) is 0. The highest BCUT2D eigenvalue weighted by molar-refractivity contribution is 6.30. The summed E-state index contributed by atoms with van der Waals surface area (Å²) in [6, 6.07) is 4.20. The van der Waals surface area contributed by atoms with Crippen molar-refractivity contribution in [2.45, 2.75) is 13.5 Å². The molecular formula is C12H14ClFN4O. The van der Waals surface area contributed by atoms with Gasteiger partial charge in [0.2, 0.25) is 0 Å². The number of ether oxygens (including phenoxy) is 1. The number of nitrogens with one attached hydrogen (secondary N) is 1. The molecule has 0 aliphatic carbocycles. The van der Waals surface area contributed by atoms with Gasteiger partial charge in [-0.3, -0.25) is 4.68 Å². The van der Waals surface area contributed by atoms with Crippen LogP contribution in [-0.2, 0) is 13.7 Å². The predicted molar refractivity (Wildman–Crippen MR) is 71.5 cm³/mol. The maximum atomic E-state index is 13.0. The SMILES string of the molecule is Cc1nn(C)c(NN)c1COc1ccc(F)c(Cl)c1. The number of aromatic nitrogens is 2. The zero-order chi connectivity index (χ0) is 14.0. The topological polar surface area (TPSA) is 65.1 Å². The van der Waals surface area contributed by atoms with Crippen molar-refractivity contribution in [1.29, 1.82) is 0 Å². The fourth-order valence-electron chi connectivity index (χ4n) is 1.78. The van der Waals surface area contributed by atoms with Crippen LogP contribution in [0.3, 0.4) is 0 Å². The number of hydrogen-bond acceptors (Lipinski definition) is 4. The van der Waals surface area contributed by atoms with E-state index in [-0.39, 0.29) is 11.6 Å². The minimum absolute atomic E-state index is 0.0255. The first kappa shape index (κ1) is 13.6. The Labute approximate surface area is 115 Å². The van der Waals surface area contributed by atoms with Gasteiger partial charge in [-0.2, -0.15) is 5.10 Å². The first-order valence-corrected chi connectivity index (χ1v) is 5.97. The van der Waals surface area contributed by atoms with Gasteiger partial charge >= 0.3 is 0 Å². The van der Waals surface area contributed by atoms with Crippen molar-refractivity contribution in [2.24, 2.45) is 12.9 Å². The summed E-state index contributed by atoms with van der Waals surface area (Å²) < 4.78 is 20.2. The van der Waals surface area contributed by atoms with Crippen LogP contribution in [0.4, 0.5) is 10.2 Å². The Balaban J connectivity index is 2.16. The van der Waals surface area contributed by atoms with E-state index in [2.05, 4.69) is 10.5 Å². The molecule has 5 nitrogen and oxygen atoms in total. The second-order valence-corrected chi connectivity index (χ2v) is 4.45. The zero-order valence-electron chi connectivity index (χ0n) is 10.6. The zero-order valence-corrected chi connectivity index (χ0v) is 11.3. The van der Waals surface area contributed by atoms with Crippen molar-refractivity contribution in [3.05, 3.63) is 40.3 Å². The normalized spacial score (nSPS) is 10.6. The van der Waals surface area contributed by atoms with Crippen molar-refractivity contribution in [1.82, 2.24) is 9.78 Å². The number of hydrazine groups is 1. The van der Waals surface area contributed by atoms with E-state index in [1.54, 1.807) is 11.7 Å². The molecule has 0 spiro atoms. The number of nitrogen functional groups attached to an aromatic ring is 1.